The highest BCUT2D eigenvalue weighted by atomic mass is 16.1. The lowest BCUT2D eigenvalue weighted by atomic mass is 9.99. The first kappa shape index (κ1) is 23.5. The highest BCUT2D eigenvalue weighted by Gasteiger charge is 2.29. The van der Waals surface area contributed by atoms with Crippen molar-refractivity contribution in [2.24, 2.45) is 0 Å². The van der Waals surface area contributed by atoms with Crippen molar-refractivity contribution in [1.29, 1.82) is 0 Å². The minimum absolute atomic E-state index is 0.0632. The van der Waals surface area contributed by atoms with Crippen LogP contribution in [0.1, 0.15) is 93.7 Å². The molecule has 0 bridgehead atoms. The van der Waals surface area contributed by atoms with Gasteiger partial charge in [0.15, 0.2) is 0 Å². The van der Waals surface area contributed by atoms with Crippen LogP contribution in [0.3, 0.4) is 0 Å². The van der Waals surface area contributed by atoms with Gasteiger partial charge >= 0.3 is 0 Å². The first-order chi connectivity index (χ1) is 14.9. The number of benzene rings is 1. The fourth-order valence-electron chi connectivity index (χ4n) is 5.07. The maximum atomic E-state index is 11.2. The summed E-state index contributed by atoms with van der Waals surface area (Å²) in [5.41, 5.74) is 2.42. The van der Waals surface area contributed by atoms with Gasteiger partial charge in [0.25, 0.3) is 0 Å². The third-order valence-electron chi connectivity index (χ3n) is 6.71. The van der Waals surface area contributed by atoms with Crippen molar-refractivity contribution in [2.45, 2.75) is 90.8 Å². The van der Waals surface area contributed by atoms with Gasteiger partial charge in [-0.05, 0) is 58.1 Å². The second-order valence-corrected chi connectivity index (χ2v) is 9.30. The van der Waals surface area contributed by atoms with E-state index in [-0.39, 0.29) is 6.04 Å². The zero-order valence-corrected chi connectivity index (χ0v) is 19.8. The number of rotatable bonds is 11. The summed E-state index contributed by atoms with van der Waals surface area (Å²) >= 11 is 0. The minimum Gasteiger partial charge on any atom is -0.352 e. The molecule has 1 amide bonds. The Hall–Kier alpha value is -2.21. The van der Waals surface area contributed by atoms with E-state index in [1.165, 1.54) is 24.0 Å². The third kappa shape index (κ3) is 5.73. The molecule has 1 aromatic carbocycles. The van der Waals surface area contributed by atoms with Crippen LogP contribution in [0.25, 0.3) is 0 Å². The van der Waals surface area contributed by atoms with Crippen LogP contribution in [0, 0.1) is 13.8 Å². The number of hydrogen-bond donors (Lipinski definition) is 1. The van der Waals surface area contributed by atoms with E-state index in [4.69, 9.17) is 0 Å². The Kier molecular flexibility index (Phi) is 8.24. The van der Waals surface area contributed by atoms with Crippen LogP contribution in [-0.2, 0) is 4.79 Å². The maximum absolute atomic E-state index is 11.2. The van der Waals surface area contributed by atoms with Crippen LogP contribution in [0.2, 0.25) is 0 Å². The van der Waals surface area contributed by atoms with E-state index in [0.717, 1.165) is 50.4 Å². The zero-order chi connectivity index (χ0) is 22.4. The summed E-state index contributed by atoms with van der Waals surface area (Å²) in [4.78, 5) is 13.9. The van der Waals surface area contributed by atoms with Crippen LogP contribution < -0.4 is 5.32 Å². The molecule has 3 atom stereocenters. The molecule has 6 nitrogen and oxygen atoms in total. The van der Waals surface area contributed by atoms with Gasteiger partial charge in [-0.3, -0.25) is 4.79 Å². The van der Waals surface area contributed by atoms with Crippen LogP contribution in [0.15, 0.2) is 24.3 Å². The first-order valence-electron chi connectivity index (χ1n) is 11.9. The average Bonchev–Trinajstić information content (AvgIpc) is 3.35. The largest absolute Gasteiger partial charge is 0.352 e. The van der Waals surface area contributed by atoms with Gasteiger partial charge < -0.3 is 14.8 Å². The Labute approximate surface area is 187 Å². The van der Waals surface area contributed by atoms with Gasteiger partial charge in [-0.25, -0.2) is 0 Å². The minimum atomic E-state index is 0.0632. The zero-order valence-electron chi connectivity index (χ0n) is 19.8. The Morgan fingerprint density at radius 1 is 1.26 bits per heavy atom. The van der Waals surface area contributed by atoms with E-state index in [1.54, 1.807) is 0 Å². The van der Waals surface area contributed by atoms with Gasteiger partial charge in [0, 0.05) is 24.5 Å². The summed E-state index contributed by atoms with van der Waals surface area (Å²) < 4.78 is 2.38. The monoisotopic (exact) mass is 425 g/mol. The number of amides is 1. The van der Waals surface area contributed by atoms with Crippen LogP contribution in [0.5, 0.6) is 0 Å². The van der Waals surface area contributed by atoms with Crippen LogP contribution >= 0.6 is 0 Å². The molecule has 170 valence electrons. The molecule has 31 heavy (non-hydrogen) atoms. The summed E-state index contributed by atoms with van der Waals surface area (Å²) in [6, 6.07) is 9.53. The highest BCUT2D eigenvalue weighted by Crippen LogP contribution is 2.31. The van der Waals surface area contributed by atoms with Gasteiger partial charge in [-0.15, -0.1) is 10.2 Å². The fourth-order valence-corrected chi connectivity index (χ4v) is 5.07. The molecule has 0 radical (unpaired) electrons. The number of carbonyl (C=O) groups is 1. The van der Waals surface area contributed by atoms with E-state index in [0.29, 0.717) is 18.0 Å². The number of nitrogens with zero attached hydrogens (tertiary/aromatic N) is 4. The lowest BCUT2D eigenvalue weighted by Crippen LogP contribution is -2.35. The van der Waals surface area contributed by atoms with Gasteiger partial charge in [0.05, 0.1) is 6.04 Å². The molecule has 0 aliphatic carbocycles. The van der Waals surface area contributed by atoms with E-state index >= 15 is 0 Å². The topological polar surface area (TPSA) is 63.1 Å². The highest BCUT2D eigenvalue weighted by molar-refractivity contribution is 5.48. The van der Waals surface area contributed by atoms with Crippen molar-refractivity contribution in [3.05, 3.63) is 47.0 Å². The molecule has 0 spiro atoms. The molecule has 1 aliphatic rings. The summed E-state index contributed by atoms with van der Waals surface area (Å²) in [6.45, 7) is 13.0. The van der Waals surface area contributed by atoms with E-state index in [2.05, 4.69) is 83.9 Å². The molecule has 1 saturated heterocycles. The molecule has 1 aromatic heterocycles. The van der Waals surface area contributed by atoms with Crippen molar-refractivity contribution in [3.8, 4) is 0 Å². The van der Waals surface area contributed by atoms with Crippen molar-refractivity contribution < 1.29 is 4.79 Å². The molecule has 1 N–H and O–H groups in total. The van der Waals surface area contributed by atoms with Crippen LogP contribution in [0.4, 0.5) is 0 Å². The van der Waals surface area contributed by atoms with Crippen molar-refractivity contribution in [3.63, 3.8) is 0 Å². The van der Waals surface area contributed by atoms with Crippen molar-refractivity contribution in [1.82, 2.24) is 25.0 Å². The number of carbonyl (C=O) groups excluding carboxylic acids is 1. The predicted octanol–water partition coefficient (Wildman–Crippen LogP) is 4.70. The van der Waals surface area contributed by atoms with E-state index < -0.39 is 0 Å². The predicted molar refractivity (Wildman–Crippen MR) is 125 cm³/mol. The molecule has 0 saturated carbocycles. The first-order valence-corrected chi connectivity index (χ1v) is 11.9. The Morgan fingerprint density at radius 3 is 2.74 bits per heavy atom. The number of aromatic nitrogens is 3. The SMILES string of the molecule is CCC(CC1CCCN1CC[C@H](NC=O)c1cccc(C)c1)n1c(C)nnc1C(C)C. The Morgan fingerprint density at radius 2 is 2.06 bits per heavy atom. The molecule has 6 heteroatoms. The summed E-state index contributed by atoms with van der Waals surface area (Å²) in [6.07, 6.45) is 6.47. The van der Waals surface area contributed by atoms with Gasteiger partial charge in [0.2, 0.25) is 6.41 Å². The second kappa shape index (κ2) is 10.9. The quantitative estimate of drug-likeness (QED) is 0.530. The van der Waals surface area contributed by atoms with E-state index in [1.807, 2.05) is 0 Å². The fraction of sp³-hybridized carbons (Fsp3) is 0.640. The second-order valence-electron chi connectivity index (χ2n) is 9.30. The molecule has 3 rings (SSSR count). The molecule has 2 heterocycles. The van der Waals surface area contributed by atoms with Gasteiger partial charge in [-0.2, -0.15) is 0 Å². The van der Waals surface area contributed by atoms with Crippen LogP contribution in [-0.4, -0.2) is 45.2 Å². The van der Waals surface area contributed by atoms with Crippen molar-refractivity contribution >= 4 is 6.41 Å². The molecule has 1 aliphatic heterocycles. The molecule has 1 fully saturated rings. The normalized spacial score (nSPS) is 19.0. The van der Waals surface area contributed by atoms with E-state index in [9.17, 15) is 4.79 Å². The Balaban J connectivity index is 1.67. The van der Waals surface area contributed by atoms with Gasteiger partial charge in [-0.1, -0.05) is 50.6 Å². The molecule has 2 aromatic rings. The number of aryl methyl sites for hydroxylation is 2. The third-order valence-corrected chi connectivity index (χ3v) is 6.71. The maximum Gasteiger partial charge on any atom is 0.207 e. The smallest absolute Gasteiger partial charge is 0.207 e. The summed E-state index contributed by atoms with van der Waals surface area (Å²) in [5, 5.41) is 11.9. The number of likely N-dealkylation sites (tertiary alicyclic amines) is 1. The number of hydrogen-bond acceptors (Lipinski definition) is 4. The summed E-state index contributed by atoms with van der Waals surface area (Å²) in [5.74, 6) is 2.50. The molecule has 2 unspecified atom stereocenters. The van der Waals surface area contributed by atoms with Gasteiger partial charge in [0.1, 0.15) is 11.6 Å². The summed E-state index contributed by atoms with van der Waals surface area (Å²) in [7, 11) is 0. The van der Waals surface area contributed by atoms with Crippen molar-refractivity contribution in [2.75, 3.05) is 13.1 Å². The average molecular weight is 426 g/mol. The molecular weight excluding hydrogens is 386 g/mol. The standard InChI is InChI=1S/C25H39N5O/c1-6-22(30-20(5)27-28-25(30)18(2)3)16-23-11-8-13-29(23)14-12-24(26-17-31)21-10-7-9-19(4)15-21/h7,9-10,15,17-18,22-24H,6,8,11-14,16H2,1-5H3,(H,26,31)/t22?,23?,24-/m0/s1. The Bertz CT molecular complexity index is 846. The lowest BCUT2D eigenvalue weighted by molar-refractivity contribution is -0.110. The number of nitrogens with one attached hydrogen (secondary N) is 1. The lowest BCUT2D eigenvalue weighted by Gasteiger charge is -2.31. The molecular formula is C25H39N5O.